The molecule has 1 fully saturated rings. The van der Waals surface area contributed by atoms with Crippen LogP contribution in [0.2, 0.25) is 0 Å². The monoisotopic (exact) mass is 380 g/mol. The minimum absolute atomic E-state index is 0.211. The highest BCUT2D eigenvalue weighted by Gasteiger charge is 2.26. The van der Waals surface area contributed by atoms with Gasteiger partial charge < -0.3 is 14.6 Å². The van der Waals surface area contributed by atoms with Crippen LogP contribution >= 0.6 is 0 Å². The van der Waals surface area contributed by atoms with Crippen molar-refractivity contribution in [2.45, 2.75) is 25.7 Å². The smallest absolute Gasteiger partial charge is 0.222 e. The molecule has 2 heterocycles. The summed E-state index contributed by atoms with van der Waals surface area (Å²) >= 11 is 0. The number of ether oxygens (including phenoxy) is 1. The number of fused-ring (bicyclic) bond motifs is 1. The standard InChI is InChI=1S/C23H25FN2O2/c24-20-6-2-4-8-22(20)28-14-12-17-11-13-26(16-17)23(27)10-9-18-15-25-21-7-3-1-5-19(18)21/h1-8,15,17,25H,9-14,16H2. The number of para-hydroxylation sites is 2. The van der Waals surface area contributed by atoms with Crippen LogP contribution in [0, 0.1) is 11.7 Å². The van der Waals surface area contributed by atoms with Gasteiger partial charge in [-0.1, -0.05) is 30.3 Å². The molecule has 0 bridgehead atoms. The number of carbonyl (C=O) groups is 1. The molecule has 146 valence electrons. The third-order valence-electron chi connectivity index (χ3n) is 5.54. The summed E-state index contributed by atoms with van der Waals surface area (Å²) in [5, 5.41) is 1.19. The van der Waals surface area contributed by atoms with Crippen LogP contribution in [0.5, 0.6) is 5.75 Å². The van der Waals surface area contributed by atoms with Crippen LogP contribution in [0.15, 0.2) is 54.7 Å². The van der Waals surface area contributed by atoms with E-state index in [1.54, 1.807) is 18.2 Å². The van der Waals surface area contributed by atoms with Gasteiger partial charge in [0.25, 0.3) is 0 Å². The number of nitrogens with zero attached hydrogens (tertiary/aromatic N) is 1. The predicted octanol–water partition coefficient (Wildman–Crippen LogP) is 4.56. The van der Waals surface area contributed by atoms with E-state index in [2.05, 4.69) is 17.1 Å². The summed E-state index contributed by atoms with van der Waals surface area (Å²) < 4.78 is 19.1. The van der Waals surface area contributed by atoms with Gasteiger partial charge in [-0.05, 0) is 48.9 Å². The zero-order chi connectivity index (χ0) is 19.3. The van der Waals surface area contributed by atoms with E-state index in [1.807, 2.05) is 23.2 Å². The van der Waals surface area contributed by atoms with Gasteiger partial charge in [0, 0.05) is 36.6 Å². The Morgan fingerprint density at radius 3 is 2.89 bits per heavy atom. The third-order valence-corrected chi connectivity index (χ3v) is 5.54. The highest BCUT2D eigenvalue weighted by atomic mass is 19.1. The summed E-state index contributed by atoms with van der Waals surface area (Å²) in [6, 6.07) is 14.6. The fourth-order valence-electron chi connectivity index (χ4n) is 3.93. The van der Waals surface area contributed by atoms with E-state index in [-0.39, 0.29) is 11.7 Å². The Kier molecular flexibility index (Phi) is 5.60. The van der Waals surface area contributed by atoms with E-state index < -0.39 is 0 Å². The molecule has 1 N–H and O–H groups in total. The lowest BCUT2D eigenvalue weighted by atomic mass is 10.1. The van der Waals surface area contributed by atoms with Gasteiger partial charge in [0.1, 0.15) is 0 Å². The van der Waals surface area contributed by atoms with Crippen LogP contribution < -0.4 is 4.74 Å². The maximum absolute atomic E-state index is 13.6. The average Bonchev–Trinajstić information content (AvgIpc) is 3.35. The Labute approximate surface area is 164 Å². The molecule has 0 radical (unpaired) electrons. The number of nitrogens with one attached hydrogen (secondary N) is 1. The summed E-state index contributed by atoms with van der Waals surface area (Å²) in [5.41, 5.74) is 2.30. The second kappa shape index (κ2) is 8.46. The van der Waals surface area contributed by atoms with Crippen molar-refractivity contribution in [1.29, 1.82) is 0 Å². The highest BCUT2D eigenvalue weighted by molar-refractivity contribution is 5.84. The number of aromatic amines is 1. The number of likely N-dealkylation sites (tertiary alicyclic amines) is 1. The van der Waals surface area contributed by atoms with Crippen LogP contribution in [-0.2, 0) is 11.2 Å². The first kappa shape index (κ1) is 18.5. The van der Waals surface area contributed by atoms with Gasteiger partial charge in [0.05, 0.1) is 6.61 Å². The summed E-state index contributed by atoms with van der Waals surface area (Å²) in [6.45, 7) is 2.05. The number of aromatic nitrogens is 1. The van der Waals surface area contributed by atoms with Crippen LogP contribution in [-0.4, -0.2) is 35.5 Å². The third kappa shape index (κ3) is 4.19. The SMILES string of the molecule is O=C(CCc1c[nH]c2ccccc12)N1CCC(CCOc2ccccc2F)C1. The summed E-state index contributed by atoms with van der Waals surface area (Å²) in [7, 11) is 0. The maximum Gasteiger partial charge on any atom is 0.222 e. The lowest BCUT2D eigenvalue weighted by molar-refractivity contribution is -0.130. The van der Waals surface area contributed by atoms with Crippen molar-refractivity contribution in [1.82, 2.24) is 9.88 Å². The molecule has 0 spiro atoms. The average molecular weight is 380 g/mol. The molecule has 2 aromatic carbocycles. The van der Waals surface area contributed by atoms with Gasteiger partial charge in [0.15, 0.2) is 11.6 Å². The number of hydrogen-bond acceptors (Lipinski definition) is 2. The van der Waals surface area contributed by atoms with Crippen molar-refractivity contribution >= 4 is 16.8 Å². The number of halogens is 1. The summed E-state index contributed by atoms with van der Waals surface area (Å²) in [6.07, 6.45) is 5.10. The van der Waals surface area contributed by atoms with Crippen molar-refractivity contribution < 1.29 is 13.9 Å². The van der Waals surface area contributed by atoms with Gasteiger partial charge in [-0.3, -0.25) is 4.79 Å². The largest absolute Gasteiger partial charge is 0.491 e. The van der Waals surface area contributed by atoms with Crippen molar-refractivity contribution in [2.75, 3.05) is 19.7 Å². The number of carbonyl (C=O) groups excluding carboxylic acids is 1. The topological polar surface area (TPSA) is 45.3 Å². The Balaban J connectivity index is 1.22. The first-order valence-electron chi connectivity index (χ1n) is 9.91. The normalized spacial score (nSPS) is 16.6. The molecule has 1 aromatic heterocycles. The summed E-state index contributed by atoms with van der Waals surface area (Å²) in [4.78, 5) is 17.8. The van der Waals surface area contributed by atoms with Crippen LogP contribution in [0.1, 0.15) is 24.8 Å². The van der Waals surface area contributed by atoms with Crippen LogP contribution in [0.3, 0.4) is 0 Å². The second-order valence-electron chi connectivity index (χ2n) is 7.42. The van der Waals surface area contributed by atoms with Crippen molar-refractivity contribution in [2.24, 2.45) is 5.92 Å². The van der Waals surface area contributed by atoms with E-state index in [4.69, 9.17) is 4.74 Å². The van der Waals surface area contributed by atoms with Gasteiger partial charge in [-0.2, -0.15) is 0 Å². The molecule has 4 nitrogen and oxygen atoms in total. The van der Waals surface area contributed by atoms with Crippen molar-refractivity contribution in [3.8, 4) is 5.75 Å². The van der Waals surface area contributed by atoms with Crippen LogP contribution in [0.25, 0.3) is 10.9 Å². The lowest BCUT2D eigenvalue weighted by Crippen LogP contribution is -2.29. The Morgan fingerprint density at radius 2 is 2.00 bits per heavy atom. The van der Waals surface area contributed by atoms with Gasteiger partial charge in [0.2, 0.25) is 5.91 Å². The van der Waals surface area contributed by atoms with E-state index >= 15 is 0 Å². The molecule has 28 heavy (non-hydrogen) atoms. The lowest BCUT2D eigenvalue weighted by Gasteiger charge is -2.17. The fraction of sp³-hybridized carbons (Fsp3) is 0.348. The molecule has 0 saturated carbocycles. The molecule has 0 aliphatic carbocycles. The van der Waals surface area contributed by atoms with Gasteiger partial charge in [-0.25, -0.2) is 4.39 Å². The van der Waals surface area contributed by atoms with E-state index in [9.17, 15) is 9.18 Å². The number of benzene rings is 2. The zero-order valence-electron chi connectivity index (χ0n) is 15.9. The van der Waals surface area contributed by atoms with Gasteiger partial charge >= 0.3 is 0 Å². The highest BCUT2D eigenvalue weighted by Crippen LogP contribution is 2.23. The number of H-pyrrole nitrogens is 1. The molecule has 5 heteroatoms. The maximum atomic E-state index is 13.6. The molecule has 1 unspecified atom stereocenters. The fourth-order valence-corrected chi connectivity index (χ4v) is 3.93. The first-order chi connectivity index (χ1) is 13.7. The second-order valence-corrected chi connectivity index (χ2v) is 7.42. The minimum Gasteiger partial charge on any atom is -0.491 e. The minimum atomic E-state index is -0.331. The van der Waals surface area contributed by atoms with E-state index in [1.165, 1.54) is 17.0 Å². The quantitative estimate of drug-likeness (QED) is 0.653. The predicted molar refractivity (Wildman–Crippen MR) is 108 cm³/mol. The number of rotatable bonds is 7. The molecular weight excluding hydrogens is 355 g/mol. The Hall–Kier alpha value is -2.82. The first-order valence-corrected chi connectivity index (χ1v) is 9.91. The molecule has 3 aromatic rings. The van der Waals surface area contributed by atoms with Crippen LogP contribution in [0.4, 0.5) is 4.39 Å². The van der Waals surface area contributed by atoms with E-state index in [0.29, 0.717) is 24.7 Å². The molecule has 1 aliphatic rings. The number of hydrogen-bond donors (Lipinski definition) is 1. The Bertz CT molecular complexity index is 952. The molecule has 1 saturated heterocycles. The Morgan fingerprint density at radius 1 is 1.18 bits per heavy atom. The van der Waals surface area contributed by atoms with Crippen molar-refractivity contribution in [3.05, 3.63) is 66.1 Å². The zero-order valence-corrected chi connectivity index (χ0v) is 15.9. The van der Waals surface area contributed by atoms with Crippen molar-refractivity contribution in [3.63, 3.8) is 0 Å². The molecule has 4 rings (SSSR count). The number of aryl methyl sites for hydroxylation is 1. The van der Waals surface area contributed by atoms with Gasteiger partial charge in [-0.15, -0.1) is 0 Å². The molecular formula is C23H25FN2O2. The molecule has 1 aliphatic heterocycles. The van der Waals surface area contributed by atoms with E-state index in [0.717, 1.165) is 37.9 Å². The molecule has 1 atom stereocenters. The summed E-state index contributed by atoms with van der Waals surface area (Å²) in [5.74, 6) is 0.599. The number of amides is 1. The molecule has 1 amide bonds.